The third-order valence-corrected chi connectivity index (χ3v) is 3.85. The van der Waals surface area contributed by atoms with Gasteiger partial charge in [-0.3, -0.25) is 0 Å². The van der Waals surface area contributed by atoms with Gasteiger partial charge in [-0.1, -0.05) is 18.2 Å². The Bertz CT molecular complexity index is 455. The van der Waals surface area contributed by atoms with E-state index in [1.807, 2.05) is 34.1 Å². The average Bonchev–Trinajstić information content (AvgIpc) is 2.69. The number of amides is 2. The van der Waals surface area contributed by atoms with Gasteiger partial charge in [0, 0.05) is 18.7 Å². The number of nitrogens with zero attached hydrogens (tertiary/aromatic N) is 2. The molecule has 4 heteroatoms. The van der Waals surface area contributed by atoms with Crippen molar-refractivity contribution in [1.82, 2.24) is 9.80 Å². The van der Waals surface area contributed by atoms with Crippen LogP contribution in [0.25, 0.3) is 0 Å². The average molecular weight is 260 g/mol. The Morgan fingerprint density at radius 2 is 1.79 bits per heavy atom. The Hall–Kier alpha value is -1.71. The molecule has 0 aromatic heterocycles. The predicted octanol–water partition coefficient (Wildman–Crippen LogP) is 2.49. The lowest BCUT2D eigenvalue weighted by Crippen LogP contribution is -2.45. The van der Waals surface area contributed by atoms with Crippen LogP contribution in [-0.2, 0) is 6.54 Å². The van der Waals surface area contributed by atoms with Gasteiger partial charge in [-0.2, -0.15) is 0 Å². The highest BCUT2D eigenvalue weighted by atomic mass is 16.5. The van der Waals surface area contributed by atoms with E-state index >= 15 is 0 Å². The monoisotopic (exact) mass is 260 g/mol. The van der Waals surface area contributed by atoms with Crippen LogP contribution >= 0.6 is 0 Å². The normalized spacial score (nSPS) is 19.4. The molecule has 19 heavy (non-hydrogen) atoms. The number of hydrogen-bond donors (Lipinski definition) is 0. The molecule has 1 aromatic rings. The Kier molecular flexibility index (Phi) is 3.58. The van der Waals surface area contributed by atoms with Gasteiger partial charge in [-0.15, -0.1) is 0 Å². The number of ether oxygens (including phenoxy) is 1. The van der Waals surface area contributed by atoms with Crippen molar-refractivity contribution in [1.29, 1.82) is 0 Å². The number of carbonyl (C=O) groups excluding carboxylic acids is 1. The van der Waals surface area contributed by atoms with Gasteiger partial charge in [-0.05, 0) is 25.3 Å². The Labute approximate surface area is 113 Å². The summed E-state index contributed by atoms with van der Waals surface area (Å²) in [5, 5.41) is 0. The van der Waals surface area contributed by atoms with E-state index in [1.54, 1.807) is 0 Å². The molecule has 102 valence electrons. The molecule has 4 nitrogen and oxygen atoms in total. The largest absolute Gasteiger partial charge is 0.491 e. The molecule has 1 aromatic carbocycles. The van der Waals surface area contributed by atoms with E-state index in [1.165, 1.54) is 6.42 Å². The minimum Gasteiger partial charge on any atom is -0.491 e. The van der Waals surface area contributed by atoms with Crippen LogP contribution in [0.5, 0.6) is 5.75 Å². The lowest BCUT2D eigenvalue weighted by Gasteiger charge is -2.32. The van der Waals surface area contributed by atoms with Crippen molar-refractivity contribution in [3.63, 3.8) is 0 Å². The topological polar surface area (TPSA) is 32.8 Å². The fourth-order valence-corrected chi connectivity index (χ4v) is 2.77. The molecule has 0 aliphatic carbocycles. The highest BCUT2D eigenvalue weighted by Gasteiger charge is 2.25. The lowest BCUT2D eigenvalue weighted by molar-refractivity contribution is 0.137. The van der Waals surface area contributed by atoms with Crippen molar-refractivity contribution >= 4 is 6.03 Å². The molecule has 2 aliphatic heterocycles. The predicted molar refractivity (Wildman–Crippen MR) is 73.2 cm³/mol. The van der Waals surface area contributed by atoms with Crippen molar-refractivity contribution < 1.29 is 9.53 Å². The summed E-state index contributed by atoms with van der Waals surface area (Å²) in [5.74, 6) is 0.913. The molecule has 1 saturated heterocycles. The zero-order valence-electron chi connectivity index (χ0n) is 11.2. The molecule has 0 radical (unpaired) electrons. The fraction of sp³-hybridized carbons (Fsp3) is 0.533. The fourth-order valence-electron chi connectivity index (χ4n) is 2.77. The van der Waals surface area contributed by atoms with Gasteiger partial charge in [0.15, 0.2) is 0 Å². The zero-order chi connectivity index (χ0) is 13.1. The van der Waals surface area contributed by atoms with Crippen LogP contribution in [-0.4, -0.2) is 42.1 Å². The van der Waals surface area contributed by atoms with E-state index in [4.69, 9.17) is 4.74 Å². The Balaban J connectivity index is 1.73. The standard InChI is InChI=1S/C15H20N2O2/c18-15(16-8-4-1-5-9-16)17-10-11-19-14-7-3-2-6-13(14)12-17/h2-3,6-7H,1,4-5,8-12H2. The number of benzene rings is 1. The molecule has 0 atom stereocenters. The van der Waals surface area contributed by atoms with Crippen LogP contribution in [0, 0.1) is 0 Å². The van der Waals surface area contributed by atoms with E-state index in [0.29, 0.717) is 19.7 Å². The summed E-state index contributed by atoms with van der Waals surface area (Å²) in [4.78, 5) is 16.4. The number of carbonyl (C=O) groups is 1. The van der Waals surface area contributed by atoms with Crippen LogP contribution in [0.4, 0.5) is 4.79 Å². The van der Waals surface area contributed by atoms with Gasteiger partial charge < -0.3 is 14.5 Å². The summed E-state index contributed by atoms with van der Waals surface area (Å²) in [6.45, 7) is 3.71. The minimum atomic E-state index is 0.167. The quantitative estimate of drug-likeness (QED) is 0.718. The summed E-state index contributed by atoms with van der Waals surface area (Å²) in [7, 11) is 0. The number of fused-ring (bicyclic) bond motifs is 1. The van der Waals surface area contributed by atoms with Crippen LogP contribution in [0.15, 0.2) is 24.3 Å². The van der Waals surface area contributed by atoms with Crippen LogP contribution < -0.4 is 4.74 Å². The number of piperidine rings is 1. The molecule has 0 saturated carbocycles. The van der Waals surface area contributed by atoms with E-state index in [0.717, 1.165) is 37.2 Å². The molecule has 2 aliphatic rings. The van der Waals surface area contributed by atoms with Crippen LogP contribution in [0.1, 0.15) is 24.8 Å². The molecule has 2 heterocycles. The van der Waals surface area contributed by atoms with Gasteiger partial charge >= 0.3 is 6.03 Å². The zero-order valence-corrected chi connectivity index (χ0v) is 11.2. The number of urea groups is 1. The van der Waals surface area contributed by atoms with Crippen molar-refractivity contribution in [2.45, 2.75) is 25.8 Å². The first kappa shape index (κ1) is 12.3. The SMILES string of the molecule is O=C(N1CCCCC1)N1CCOc2ccccc2C1. The maximum Gasteiger partial charge on any atom is 0.320 e. The smallest absolute Gasteiger partial charge is 0.320 e. The molecule has 0 spiro atoms. The van der Waals surface area contributed by atoms with Gasteiger partial charge in [0.1, 0.15) is 12.4 Å². The lowest BCUT2D eigenvalue weighted by atomic mass is 10.1. The van der Waals surface area contributed by atoms with Crippen molar-refractivity contribution in [3.8, 4) is 5.75 Å². The number of para-hydroxylation sites is 1. The Morgan fingerprint density at radius 1 is 1.00 bits per heavy atom. The molecule has 0 bridgehead atoms. The molecule has 0 unspecified atom stereocenters. The summed E-state index contributed by atoms with van der Waals surface area (Å²) >= 11 is 0. The number of rotatable bonds is 0. The van der Waals surface area contributed by atoms with Crippen molar-refractivity contribution in [3.05, 3.63) is 29.8 Å². The highest BCUT2D eigenvalue weighted by molar-refractivity contribution is 5.74. The van der Waals surface area contributed by atoms with Gasteiger partial charge in [0.05, 0.1) is 13.1 Å². The molecule has 1 fully saturated rings. The third kappa shape index (κ3) is 2.67. The van der Waals surface area contributed by atoms with Crippen molar-refractivity contribution in [2.75, 3.05) is 26.2 Å². The maximum absolute atomic E-state index is 12.5. The first-order valence-electron chi connectivity index (χ1n) is 7.09. The first-order valence-corrected chi connectivity index (χ1v) is 7.09. The summed E-state index contributed by atoms with van der Waals surface area (Å²) in [6.07, 6.45) is 3.51. The van der Waals surface area contributed by atoms with Crippen LogP contribution in [0.2, 0.25) is 0 Å². The van der Waals surface area contributed by atoms with E-state index in [2.05, 4.69) is 0 Å². The summed E-state index contributed by atoms with van der Waals surface area (Å²) in [5.41, 5.74) is 1.10. The highest BCUT2D eigenvalue weighted by Crippen LogP contribution is 2.23. The maximum atomic E-state index is 12.5. The van der Waals surface area contributed by atoms with Gasteiger partial charge in [0.2, 0.25) is 0 Å². The second-order valence-electron chi connectivity index (χ2n) is 5.21. The summed E-state index contributed by atoms with van der Waals surface area (Å²) < 4.78 is 5.70. The molecule has 2 amide bonds. The van der Waals surface area contributed by atoms with Crippen molar-refractivity contribution in [2.24, 2.45) is 0 Å². The molecular weight excluding hydrogens is 240 g/mol. The van der Waals surface area contributed by atoms with E-state index in [9.17, 15) is 4.79 Å². The second kappa shape index (κ2) is 5.51. The minimum absolute atomic E-state index is 0.167. The van der Waals surface area contributed by atoms with E-state index in [-0.39, 0.29) is 6.03 Å². The second-order valence-corrected chi connectivity index (χ2v) is 5.21. The Morgan fingerprint density at radius 3 is 2.63 bits per heavy atom. The third-order valence-electron chi connectivity index (χ3n) is 3.85. The summed E-state index contributed by atoms with van der Waals surface area (Å²) in [6, 6.07) is 8.15. The number of likely N-dealkylation sites (tertiary alicyclic amines) is 1. The molecule has 0 N–H and O–H groups in total. The number of hydrogen-bond acceptors (Lipinski definition) is 2. The molecular formula is C15H20N2O2. The van der Waals surface area contributed by atoms with Crippen LogP contribution in [0.3, 0.4) is 0 Å². The van der Waals surface area contributed by atoms with Gasteiger partial charge in [0.25, 0.3) is 0 Å². The molecule has 3 rings (SSSR count). The first-order chi connectivity index (χ1) is 9.34. The van der Waals surface area contributed by atoms with Gasteiger partial charge in [-0.25, -0.2) is 4.79 Å². The van der Waals surface area contributed by atoms with E-state index < -0.39 is 0 Å².